The van der Waals surface area contributed by atoms with Gasteiger partial charge in [0.15, 0.2) is 5.78 Å². The lowest BCUT2D eigenvalue weighted by molar-refractivity contribution is 0.0989. The van der Waals surface area contributed by atoms with Gasteiger partial charge in [0.05, 0.1) is 17.2 Å². The fourth-order valence-corrected chi connectivity index (χ4v) is 3.94. The highest BCUT2D eigenvalue weighted by atomic mass is 35.5. The number of carbonyl (C=O) groups excluding carboxylic acids is 1. The molecule has 0 heterocycles. The molecule has 112 valence electrons. The zero-order valence-corrected chi connectivity index (χ0v) is 13.8. The first-order valence-electron chi connectivity index (χ1n) is 6.47. The van der Waals surface area contributed by atoms with Gasteiger partial charge in [0.2, 0.25) is 0 Å². The molecular weight excluding hydrogens is 299 g/mol. The summed E-state index contributed by atoms with van der Waals surface area (Å²) in [5, 5.41) is 0.332. The van der Waals surface area contributed by atoms with Crippen LogP contribution in [0.5, 0.6) is 0 Å². The monoisotopic (exact) mass is 318 g/mol. The summed E-state index contributed by atoms with van der Waals surface area (Å²) in [6.45, 7) is 6.99. The van der Waals surface area contributed by atoms with Crippen molar-refractivity contribution >= 4 is 25.0 Å². The zero-order chi connectivity index (χ0) is 15.3. The van der Waals surface area contributed by atoms with E-state index in [9.17, 15) is 9.36 Å². The topological polar surface area (TPSA) is 52.6 Å². The molecule has 0 saturated heterocycles. The molecule has 1 rings (SSSR count). The predicted molar refractivity (Wildman–Crippen MR) is 80.7 cm³/mol. The maximum absolute atomic E-state index is 12.6. The largest absolute Gasteiger partial charge is 0.338 e. The second-order valence-corrected chi connectivity index (χ2v) is 7.35. The summed E-state index contributed by atoms with van der Waals surface area (Å²) in [6, 6.07) is 6.65. The lowest BCUT2D eigenvalue weighted by Gasteiger charge is -2.22. The van der Waals surface area contributed by atoms with Crippen LogP contribution in [0.25, 0.3) is 0 Å². The molecule has 0 aliphatic heterocycles. The van der Waals surface area contributed by atoms with E-state index >= 15 is 0 Å². The molecule has 0 aliphatic rings. The van der Waals surface area contributed by atoms with Crippen molar-refractivity contribution in [3.05, 3.63) is 34.9 Å². The molecule has 0 N–H and O–H groups in total. The molecule has 0 spiro atoms. The van der Waals surface area contributed by atoms with Crippen molar-refractivity contribution in [3.63, 3.8) is 0 Å². The Hall–Kier alpha value is -0.670. The van der Waals surface area contributed by atoms with E-state index < -0.39 is 7.60 Å². The molecule has 1 aromatic carbocycles. The van der Waals surface area contributed by atoms with Gasteiger partial charge in [-0.3, -0.25) is 9.36 Å². The van der Waals surface area contributed by atoms with Crippen LogP contribution in [0.3, 0.4) is 0 Å². The molecular formula is C14H20ClO4P. The van der Waals surface area contributed by atoms with Crippen molar-refractivity contribution in [2.24, 2.45) is 0 Å². The lowest BCUT2D eigenvalue weighted by Crippen LogP contribution is -2.15. The maximum Gasteiger partial charge on any atom is 0.338 e. The molecule has 0 radical (unpaired) electrons. The van der Waals surface area contributed by atoms with E-state index in [1.54, 1.807) is 52.0 Å². The number of ketones is 1. The van der Waals surface area contributed by atoms with Crippen molar-refractivity contribution < 1.29 is 18.4 Å². The third kappa shape index (κ3) is 5.37. The number of benzene rings is 1. The first kappa shape index (κ1) is 17.4. The summed E-state index contributed by atoms with van der Waals surface area (Å²) >= 11 is 5.97. The molecule has 4 nitrogen and oxygen atoms in total. The quantitative estimate of drug-likeness (QED) is 0.546. The minimum atomic E-state index is -3.48. The Morgan fingerprint density at radius 2 is 1.65 bits per heavy atom. The summed E-state index contributed by atoms with van der Waals surface area (Å²) in [5.74, 6) is -0.347. The summed E-state index contributed by atoms with van der Waals surface area (Å²) in [6.07, 6.45) is -0.898. The molecule has 0 bridgehead atoms. The van der Waals surface area contributed by atoms with Gasteiger partial charge in [-0.15, -0.1) is 0 Å². The second kappa shape index (κ2) is 7.37. The number of Topliss-reactive ketones (excluding diaryl/α,β-unsaturated/α-hetero) is 1. The number of hydrogen-bond acceptors (Lipinski definition) is 4. The maximum atomic E-state index is 12.6. The summed E-state index contributed by atoms with van der Waals surface area (Å²) in [4.78, 5) is 12.2. The van der Waals surface area contributed by atoms with Crippen LogP contribution in [0.4, 0.5) is 0 Å². The van der Waals surface area contributed by atoms with Gasteiger partial charge in [0.25, 0.3) is 0 Å². The van der Waals surface area contributed by atoms with E-state index in [2.05, 4.69) is 0 Å². The molecule has 0 saturated carbocycles. The van der Waals surface area contributed by atoms with Crippen LogP contribution in [0.1, 0.15) is 38.1 Å². The second-order valence-electron chi connectivity index (χ2n) is 4.98. The van der Waals surface area contributed by atoms with Crippen LogP contribution in [-0.4, -0.2) is 24.2 Å². The predicted octanol–water partition coefficient (Wildman–Crippen LogP) is 4.57. The Bertz CT molecular complexity index is 500. The Kier molecular flexibility index (Phi) is 6.41. The standard InChI is InChI=1S/C14H20ClO4P/c1-10(2)18-20(17,19-11(3)4)9-14(16)12-7-5-6-8-13(12)15/h5-8,10-11H,9H2,1-4H3. The van der Waals surface area contributed by atoms with E-state index in [4.69, 9.17) is 20.6 Å². The van der Waals surface area contributed by atoms with Gasteiger partial charge in [-0.1, -0.05) is 23.7 Å². The first-order valence-corrected chi connectivity index (χ1v) is 8.57. The first-order chi connectivity index (χ1) is 9.23. The highest BCUT2D eigenvalue weighted by Crippen LogP contribution is 2.50. The van der Waals surface area contributed by atoms with Crippen molar-refractivity contribution in [1.82, 2.24) is 0 Å². The van der Waals surface area contributed by atoms with Crippen molar-refractivity contribution in [2.75, 3.05) is 6.16 Å². The Morgan fingerprint density at radius 1 is 1.15 bits per heavy atom. The van der Waals surface area contributed by atoms with Gasteiger partial charge in [-0.25, -0.2) is 0 Å². The summed E-state index contributed by atoms with van der Waals surface area (Å²) < 4.78 is 23.3. The van der Waals surface area contributed by atoms with Gasteiger partial charge >= 0.3 is 7.60 Å². The minimum Gasteiger partial charge on any atom is -0.305 e. The molecule has 20 heavy (non-hydrogen) atoms. The number of rotatable bonds is 7. The van der Waals surface area contributed by atoms with Crippen molar-refractivity contribution in [2.45, 2.75) is 39.9 Å². The van der Waals surface area contributed by atoms with E-state index in [-0.39, 0.29) is 24.2 Å². The molecule has 0 fully saturated rings. The van der Waals surface area contributed by atoms with Crippen LogP contribution in [0.2, 0.25) is 5.02 Å². The molecule has 0 aliphatic carbocycles. The fraction of sp³-hybridized carbons (Fsp3) is 0.500. The normalized spacial score (nSPS) is 12.2. The minimum absolute atomic E-state index is 0.293. The van der Waals surface area contributed by atoms with E-state index in [0.29, 0.717) is 10.6 Å². The van der Waals surface area contributed by atoms with Gasteiger partial charge in [0, 0.05) is 5.56 Å². The lowest BCUT2D eigenvalue weighted by atomic mass is 10.1. The van der Waals surface area contributed by atoms with Gasteiger partial charge < -0.3 is 9.05 Å². The van der Waals surface area contributed by atoms with Gasteiger partial charge in [-0.05, 0) is 39.8 Å². The molecule has 0 atom stereocenters. The van der Waals surface area contributed by atoms with E-state index in [1.165, 1.54) is 0 Å². The molecule has 6 heteroatoms. The molecule has 0 unspecified atom stereocenters. The Morgan fingerprint density at radius 3 is 2.10 bits per heavy atom. The average molecular weight is 319 g/mol. The van der Waals surface area contributed by atoms with Crippen LogP contribution >= 0.6 is 19.2 Å². The summed E-state index contributed by atoms with van der Waals surface area (Å²) in [7, 11) is -3.48. The van der Waals surface area contributed by atoms with Crippen LogP contribution in [-0.2, 0) is 13.6 Å². The zero-order valence-electron chi connectivity index (χ0n) is 12.1. The van der Waals surface area contributed by atoms with Gasteiger partial charge in [-0.2, -0.15) is 0 Å². The average Bonchev–Trinajstić information content (AvgIpc) is 2.26. The number of hydrogen-bond donors (Lipinski definition) is 0. The number of halogens is 1. The summed E-state index contributed by atoms with van der Waals surface area (Å²) in [5.41, 5.74) is 0.328. The van der Waals surface area contributed by atoms with Crippen LogP contribution in [0.15, 0.2) is 24.3 Å². The van der Waals surface area contributed by atoms with Gasteiger partial charge in [0.1, 0.15) is 6.16 Å². The van der Waals surface area contributed by atoms with E-state index in [1.807, 2.05) is 0 Å². The Balaban J connectivity index is 2.93. The SMILES string of the molecule is CC(C)OP(=O)(CC(=O)c1ccccc1Cl)OC(C)C. The fourth-order valence-electron chi connectivity index (χ4n) is 1.69. The highest BCUT2D eigenvalue weighted by Gasteiger charge is 2.31. The highest BCUT2D eigenvalue weighted by molar-refractivity contribution is 7.55. The van der Waals surface area contributed by atoms with Crippen molar-refractivity contribution in [3.8, 4) is 0 Å². The van der Waals surface area contributed by atoms with Crippen LogP contribution < -0.4 is 0 Å². The van der Waals surface area contributed by atoms with Crippen LogP contribution in [0, 0.1) is 0 Å². The third-order valence-electron chi connectivity index (χ3n) is 2.25. The third-order valence-corrected chi connectivity index (χ3v) is 4.74. The molecule has 1 aromatic rings. The molecule has 0 aromatic heterocycles. The Labute approximate surface area is 125 Å². The smallest absolute Gasteiger partial charge is 0.305 e. The van der Waals surface area contributed by atoms with Crippen molar-refractivity contribution in [1.29, 1.82) is 0 Å². The number of carbonyl (C=O) groups is 1. The molecule has 0 amide bonds. The van der Waals surface area contributed by atoms with E-state index in [0.717, 1.165) is 0 Å².